The van der Waals surface area contributed by atoms with Crippen molar-refractivity contribution in [2.45, 2.75) is 0 Å². The standard InChI is InChI=1S/C11H14ClNO2/c1-7(6-13)8-4-5-9(14-2)11(15-3)10(8)12/h4-5H,1,6,13H2,2-3H3. The maximum atomic E-state index is 6.15. The molecule has 0 heterocycles. The maximum absolute atomic E-state index is 6.15. The number of halogens is 1. The highest BCUT2D eigenvalue weighted by Gasteiger charge is 2.13. The predicted octanol–water partition coefficient (Wildman–Crippen LogP) is 2.33. The smallest absolute Gasteiger partial charge is 0.179 e. The van der Waals surface area contributed by atoms with Gasteiger partial charge in [0.1, 0.15) is 0 Å². The summed E-state index contributed by atoms with van der Waals surface area (Å²) in [4.78, 5) is 0. The van der Waals surface area contributed by atoms with E-state index in [4.69, 9.17) is 26.8 Å². The summed E-state index contributed by atoms with van der Waals surface area (Å²) in [5, 5.41) is 0.479. The molecule has 0 saturated carbocycles. The SMILES string of the molecule is C=C(CN)c1ccc(OC)c(OC)c1Cl. The van der Waals surface area contributed by atoms with E-state index in [1.54, 1.807) is 20.3 Å². The Bertz CT molecular complexity index is 377. The number of rotatable bonds is 4. The van der Waals surface area contributed by atoms with Gasteiger partial charge in [-0.15, -0.1) is 0 Å². The van der Waals surface area contributed by atoms with Crippen LogP contribution in [0.2, 0.25) is 5.02 Å². The van der Waals surface area contributed by atoms with Crippen molar-refractivity contribution in [1.82, 2.24) is 0 Å². The highest BCUT2D eigenvalue weighted by atomic mass is 35.5. The lowest BCUT2D eigenvalue weighted by Crippen LogP contribution is -2.02. The summed E-state index contributed by atoms with van der Waals surface area (Å²) in [5.74, 6) is 1.10. The quantitative estimate of drug-likeness (QED) is 0.859. The molecule has 1 aromatic rings. The van der Waals surface area contributed by atoms with Crippen LogP contribution in [0.15, 0.2) is 18.7 Å². The van der Waals surface area contributed by atoms with E-state index in [1.165, 1.54) is 0 Å². The van der Waals surface area contributed by atoms with Crippen LogP contribution in [0, 0.1) is 0 Å². The molecular formula is C11H14ClNO2. The summed E-state index contributed by atoms with van der Waals surface area (Å²) in [5.41, 5.74) is 7.06. The van der Waals surface area contributed by atoms with Crippen LogP contribution in [-0.2, 0) is 0 Å². The van der Waals surface area contributed by atoms with Gasteiger partial charge < -0.3 is 15.2 Å². The number of nitrogens with two attached hydrogens (primary N) is 1. The third-order valence-electron chi connectivity index (χ3n) is 2.11. The van der Waals surface area contributed by atoms with Crippen molar-refractivity contribution >= 4 is 17.2 Å². The molecule has 0 radical (unpaired) electrons. The number of ether oxygens (including phenoxy) is 2. The van der Waals surface area contributed by atoms with Crippen LogP contribution in [0.25, 0.3) is 5.57 Å². The molecule has 0 atom stereocenters. The monoisotopic (exact) mass is 227 g/mol. The largest absolute Gasteiger partial charge is 0.493 e. The molecule has 0 aliphatic heterocycles. The highest BCUT2D eigenvalue weighted by Crippen LogP contribution is 2.39. The van der Waals surface area contributed by atoms with E-state index in [0.29, 0.717) is 23.1 Å². The second-order valence-electron chi connectivity index (χ2n) is 2.97. The van der Waals surface area contributed by atoms with Gasteiger partial charge in [0.25, 0.3) is 0 Å². The zero-order valence-corrected chi connectivity index (χ0v) is 9.60. The number of benzene rings is 1. The number of hydrogen-bond acceptors (Lipinski definition) is 3. The first kappa shape index (κ1) is 11.9. The molecule has 4 heteroatoms. The van der Waals surface area contributed by atoms with Crippen LogP contribution < -0.4 is 15.2 Å². The average molecular weight is 228 g/mol. The van der Waals surface area contributed by atoms with E-state index in [1.807, 2.05) is 6.07 Å². The van der Waals surface area contributed by atoms with Crippen molar-refractivity contribution in [2.75, 3.05) is 20.8 Å². The minimum atomic E-state index is 0.356. The van der Waals surface area contributed by atoms with Crippen LogP contribution in [-0.4, -0.2) is 20.8 Å². The molecule has 0 amide bonds. The van der Waals surface area contributed by atoms with E-state index in [9.17, 15) is 0 Å². The predicted molar refractivity (Wildman–Crippen MR) is 62.6 cm³/mol. The zero-order chi connectivity index (χ0) is 11.4. The van der Waals surface area contributed by atoms with Gasteiger partial charge in [0.2, 0.25) is 0 Å². The molecule has 1 aromatic carbocycles. The third-order valence-corrected chi connectivity index (χ3v) is 2.49. The number of hydrogen-bond donors (Lipinski definition) is 1. The van der Waals surface area contributed by atoms with Crippen molar-refractivity contribution < 1.29 is 9.47 Å². The first-order valence-electron chi connectivity index (χ1n) is 4.44. The summed E-state index contributed by atoms with van der Waals surface area (Å²) in [6, 6.07) is 3.60. The zero-order valence-electron chi connectivity index (χ0n) is 8.84. The van der Waals surface area contributed by atoms with Crippen molar-refractivity contribution in [3.63, 3.8) is 0 Å². The Hall–Kier alpha value is -1.19. The second kappa shape index (κ2) is 5.05. The van der Waals surface area contributed by atoms with E-state index >= 15 is 0 Å². The van der Waals surface area contributed by atoms with Crippen molar-refractivity contribution in [3.05, 3.63) is 29.3 Å². The van der Waals surface area contributed by atoms with Crippen LogP contribution in [0.1, 0.15) is 5.56 Å². The Morgan fingerprint density at radius 3 is 2.53 bits per heavy atom. The molecule has 0 unspecified atom stereocenters. The van der Waals surface area contributed by atoms with Gasteiger partial charge >= 0.3 is 0 Å². The molecule has 0 spiro atoms. The molecular weight excluding hydrogens is 214 g/mol. The molecule has 0 fully saturated rings. The maximum Gasteiger partial charge on any atom is 0.179 e. The van der Waals surface area contributed by atoms with Crippen LogP contribution in [0.3, 0.4) is 0 Å². The van der Waals surface area contributed by atoms with Gasteiger partial charge in [0.05, 0.1) is 19.2 Å². The summed E-state index contributed by atoms with van der Waals surface area (Å²) in [7, 11) is 3.10. The van der Waals surface area contributed by atoms with Crippen LogP contribution in [0.5, 0.6) is 11.5 Å². The Balaban J connectivity index is 3.29. The lowest BCUT2D eigenvalue weighted by molar-refractivity contribution is 0.355. The minimum Gasteiger partial charge on any atom is -0.493 e. The summed E-state index contributed by atoms with van der Waals surface area (Å²) in [6.45, 7) is 4.19. The lowest BCUT2D eigenvalue weighted by atomic mass is 10.1. The van der Waals surface area contributed by atoms with Gasteiger partial charge in [0, 0.05) is 12.1 Å². The van der Waals surface area contributed by atoms with E-state index in [0.717, 1.165) is 11.1 Å². The third kappa shape index (κ3) is 2.25. The molecule has 3 nitrogen and oxygen atoms in total. The van der Waals surface area contributed by atoms with Gasteiger partial charge in [-0.1, -0.05) is 18.2 Å². The Morgan fingerprint density at radius 1 is 1.40 bits per heavy atom. The van der Waals surface area contributed by atoms with Crippen LogP contribution >= 0.6 is 11.6 Å². The Kier molecular flexibility index (Phi) is 4.00. The van der Waals surface area contributed by atoms with Crippen molar-refractivity contribution in [2.24, 2.45) is 5.73 Å². The molecule has 2 N–H and O–H groups in total. The van der Waals surface area contributed by atoms with E-state index in [-0.39, 0.29) is 0 Å². The molecule has 0 saturated heterocycles. The molecule has 0 bridgehead atoms. The summed E-state index contributed by atoms with van der Waals surface area (Å²) >= 11 is 6.15. The van der Waals surface area contributed by atoms with Gasteiger partial charge in [-0.05, 0) is 17.7 Å². The average Bonchev–Trinajstić information content (AvgIpc) is 2.27. The summed E-state index contributed by atoms with van der Waals surface area (Å²) < 4.78 is 10.3. The Labute approximate surface area is 94.4 Å². The lowest BCUT2D eigenvalue weighted by Gasteiger charge is -2.13. The minimum absolute atomic E-state index is 0.356. The van der Waals surface area contributed by atoms with Crippen molar-refractivity contribution in [3.8, 4) is 11.5 Å². The van der Waals surface area contributed by atoms with Crippen molar-refractivity contribution in [1.29, 1.82) is 0 Å². The first-order valence-corrected chi connectivity index (χ1v) is 4.82. The fraction of sp³-hybridized carbons (Fsp3) is 0.273. The molecule has 1 rings (SSSR count). The molecule has 0 aliphatic rings. The second-order valence-corrected chi connectivity index (χ2v) is 3.35. The van der Waals surface area contributed by atoms with E-state index in [2.05, 4.69) is 6.58 Å². The van der Waals surface area contributed by atoms with Gasteiger partial charge in [0.15, 0.2) is 11.5 Å². The molecule has 15 heavy (non-hydrogen) atoms. The topological polar surface area (TPSA) is 44.5 Å². The Morgan fingerprint density at radius 2 is 2.07 bits per heavy atom. The fourth-order valence-electron chi connectivity index (χ4n) is 1.27. The normalized spacial score (nSPS) is 9.87. The van der Waals surface area contributed by atoms with Crippen LogP contribution in [0.4, 0.5) is 0 Å². The summed E-state index contributed by atoms with van der Waals surface area (Å²) in [6.07, 6.45) is 0. The first-order chi connectivity index (χ1) is 7.15. The molecule has 0 aromatic heterocycles. The fourth-order valence-corrected chi connectivity index (χ4v) is 1.64. The molecule has 0 aliphatic carbocycles. The molecule has 82 valence electrons. The number of methoxy groups -OCH3 is 2. The van der Waals surface area contributed by atoms with E-state index < -0.39 is 0 Å². The van der Waals surface area contributed by atoms with Gasteiger partial charge in [-0.25, -0.2) is 0 Å². The highest BCUT2D eigenvalue weighted by molar-refractivity contribution is 6.34. The van der Waals surface area contributed by atoms with Gasteiger partial charge in [-0.3, -0.25) is 0 Å². The van der Waals surface area contributed by atoms with Gasteiger partial charge in [-0.2, -0.15) is 0 Å².